The smallest absolute Gasteiger partial charge is 0.326 e. The van der Waals surface area contributed by atoms with Crippen LogP contribution >= 0.6 is 11.8 Å². The molecule has 0 bridgehead atoms. The topological polar surface area (TPSA) is 191 Å². The first-order valence-electron chi connectivity index (χ1n) is 9.41. The van der Waals surface area contributed by atoms with E-state index in [4.69, 9.17) is 5.73 Å². The second kappa shape index (κ2) is 13.5. The van der Waals surface area contributed by atoms with Crippen LogP contribution < -0.4 is 21.7 Å². The number of carbonyl (C=O) groups is 4. The molecule has 172 valence electrons. The summed E-state index contributed by atoms with van der Waals surface area (Å²) in [4.78, 5) is 47.6. The summed E-state index contributed by atoms with van der Waals surface area (Å²) in [6, 6.07) is 2.29. The molecule has 1 aromatic carbocycles. The molecule has 1 aromatic rings. The lowest BCUT2D eigenvalue weighted by Crippen LogP contribution is -2.55. The van der Waals surface area contributed by atoms with Crippen LogP contribution in [0.2, 0.25) is 0 Å². The number of carboxylic acid groups (broad SMARTS) is 1. The third-order valence-electron chi connectivity index (χ3n) is 4.22. The number of aliphatic hydroxyl groups excluding tert-OH is 1. The van der Waals surface area contributed by atoms with Gasteiger partial charge in [-0.1, -0.05) is 12.1 Å². The van der Waals surface area contributed by atoms with Gasteiger partial charge in [-0.15, -0.1) is 0 Å². The van der Waals surface area contributed by atoms with Gasteiger partial charge in [0, 0.05) is 6.42 Å². The van der Waals surface area contributed by atoms with E-state index < -0.39 is 55.0 Å². The van der Waals surface area contributed by atoms with Crippen LogP contribution in [0.15, 0.2) is 24.3 Å². The minimum absolute atomic E-state index is 0.0139. The third kappa shape index (κ3) is 9.68. The summed E-state index contributed by atoms with van der Waals surface area (Å²) in [6.45, 7) is -1.23. The Bertz CT molecular complexity index is 760. The van der Waals surface area contributed by atoms with Crippen LogP contribution in [0.5, 0.6) is 5.75 Å². The van der Waals surface area contributed by atoms with Crippen molar-refractivity contribution in [3.8, 4) is 5.75 Å². The highest BCUT2D eigenvalue weighted by molar-refractivity contribution is 7.98. The monoisotopic (exact) mass is 456 g/mol. The molecule has 12 heteroatoms. The predicted octanol–water partition coefficient (Wildman–Crippen LogP) is -1.82. The Labute approximate surface area is 183 Å². The van der Waals surface area contributed by atoms with Gasteiger partial charge in [-0.3, -0.25) is 14.4 Å². The van der Waals surface area contributed by atoms with Gasteiger partial charge in [-0.05, 0) is 36.1 Å². The Balaban J connectivity index is 2.59. The number of aliphatic carboxylic acids is 1. The van der Waals surface area contributed by atoms with Crippen LogP contribution in [0, 0.1) is 0 Å². The average Bonchev–Trinajstić information content (AvgIpc) is 2.74. The first-order valence-corrected chi connectivity index (χ1v) is 10.8. The van der Waals surface area contributed by atoms with Crippen LogP contribution in [0.3, 0.4) is 0 Å². The lowest BCUT2D eigenvalue weighted by Gasteiger charge is -2.20. The van der Waals surface area contributed by atoms with Crippen molar-refractivity contribution in [2.45, 2.75) is 31.0 Å². The van der Waals surface area contributed by atoms with E-state index >= 15 is 0 Å². The van der Waals surface area contributed by atoms with Crippen molar-refractivity contribution in [1.29, 1.82) is 0 Å². The molecular formula is C19H28N4O7S. The minimum atomic E-state index is -1.41. The summed E-state index contributed by atoms with van der Waals surface area (Å²) in [5.74, 6) is -2.78. The molecular weight excluding hydrogens is 428 g/mol. The highest BCUT2D eigenvalue weighted by Gasteiger charge is 2.26. The molecule has 8 N–H and O–H groups in total. The van der Waals surface area contributed by atoms with Crippen molar-refractivity contribution in [3.63, 3.8) is 0 Å². The van der Waals surface area contributed by atoms with E-state index in [2.05, 4.69) is 16.0 Å². The fourth-order valence-corrected chi connectivity index (χ4v) is 2.94. The number of phenols is 1. The Hall–Kier alpha value is -2.83. The number of thioether (sulfide) groups is 1. The number of phenolic OH excluding ortho intramolecular Hbond substituents is 1. The maximum Gasteiger partial charge on any atom is 0.326 e. The summed E-state index contributed by atoms with van der Waals surface area (Å²) in [5, 5.41) is 34.9. The number of hydrogen-bond acceptors (Lipinski definition) is 8. The maximum atomic E-state index is 12.3. The zero-order chi connectivity index (χ0) is 23.4. The van der Waals surface area contributed by atoms with E-state index in [1.807, 2.05) is 6.26 Å². The molecule has 0 spiro atoms. The average molecular weight is 457 g/mol. The zero-order valence-corrected chi connectivity index (χ0v) is 17.9. The molecule has 3 atom stereocenters. The number of nitrogens with two attached hydrogens (primary N) is 1. The number of nitrogens with one attached hydrogen (secondary N) is 3. The van der Waals surface area contributed by atoms with Gasteiger partial charge in [-0.2, -0.15) is 11.8 Å². The van der Waals surface area contributed by atoms with Crippen LogP contribution in [0.25, 0.3) is 0 Å². The Kier molecular flexibility index (Phi) is 11.4. The van der Waals surface area contributed by atoms with E-state index in [1.165, 1.54) is 36.0 Å². The number of aliphatic hydroxyl groups is 1. The van der Waals surface area contributed by atoms with E-state index in [0.717, 1.165) is 0 Å². The highest BCUT2D eigenvalue weighted by atomic mass is 32.2. The molecule has 0 saturated heterocycles. The first-order chi connectivity index (χ1) is 14.7. The van der Waals surface area contributed by atoms with Gasteiger partial charge in [0.05, 0.1) is 19.2 Å². The molecule has 0 aliphatic rings. The SMILES string of the molecule is CSCCC(N)C(=O)NCC(=O)NC(CO)C(=O)NC(Cc1ccc(O)cc1)C(=O)O. The van der Waals surface area contributed by atoms with Crippen molar-refractivity contribution in [2.75, 3.05) is 25.2 Å². The van der Waals surface area contributed by atoms with Gasteiger partial charge >= 0.3 is 5.97 Å². The number of hydrogen-bond donors (Lipinski definition) is 7. The van der Waals surface area contributed by atoms with Crippen molar-refractivity contribution < 1.29 is 34.5 Å². The summed E-state index contributed by atoms with van der Waals surface area (Å²) in [7, 11) is 0. The Morgan fingerprint density at radius 2 is 1.71 bits per heavy atom. The largest absolute Gasteiger partial charge is 0.508 e. The fourth-order valence-electron chi connectivity index (χ4n) is 2.45. The first kappa shape index (κ1) is 26.2. The van der Waals surface area contributed by atoms with Crippen molar-refractivity contribution in [3.05, 3.63) is 29.8 Å². The molecule has 0 aromatic heterocycles. The number of amides is 3. The molecule has 3 unspecified atom stereocenters. The van der Waals surface area contributed by atoms with Gasteiger partial charge in [0.25, 0.3) is 0 Å². The van der Waals surface area contributed by atoms with E-state index in [-0.39, 0.29) is 12.2 Å². The lowest BCUT2D eigenvalue weighted by molar-refractivity contribution is -0.142. The van der Waals surface area contributed by atoms with Gasteiger partial charge in [0.2, 0.25) is 17.7 Å². The van der Waals surface area contributed by atoms with Gasteiger partial charge in [0.1, 0.15) is 17.8 Å². The van der Waals surface area contributed by atoms with E-state index in [9.17, 15) is 34.5 Å². The highest BCUT2D eigenvalue weighted by Crippen LogP contribution is 2.11. The number of aromatic hydroxyl groups is 1. The maximum absolute atomic E-state index is 12.3. The van der Waals surface area contributed by atoms with E-state index in [1.54, 1.807) is 0 Å². The quantitative estimate of drug-likeness (QED) is 0.179. The zero-order valence-electron chi connectivity index (χ0n) is 17.0. The Morgan fingerprint density at radius 3 is 2.26 bits per heavy atom. The van der Waals surface area contributed by atoms with Crippen LogP contribution in [-0.2, 0) is 25.6 Å². The fraction of sp³-hybridized carbons (Fsp3) is 0.474. The molecule has 0 heterocycles. The third-order valence-corrected chi connectivity index (χ3v) is 4.86. The number of rotatable bonds is 13. The summed E-state index contributed by atoms with van der Waals surface area (Å²) in [5.41, 5.74) is 6.24. The molecule has 1 rings (SSSR count). The summed E-state index contributed by atoms with van der Waals surface area (Å²) >= 11 is 1.53. The van der Waals surface area contributed by atoms with Crippen LogP contribution in [-0.4, -0.2) is 82.3 Å². The Morgan fingerprint density at radius 1 is 1.06 bits per heavy atom. The van der Waals surface area contributed by atoms with Gasteiger partial charge in [0.15, 0.2) is 0 Å². The molecule has 0 aliphatic heterocycles. The summed E-state index contributed by atoms with van der Waals surface area (Å²) < 4.78 is 0. The number of carbonyl (C=O) groups excluding carboxylic acids is 3. The van der Waals surface area contributed by atoms with Crippen LogP contribution in [0.4, 0.5) is 0 Å². The van der Waals surface area contributed by atoms with Gasteiger partial charge in [-0.25, -0.2) is 4.79 Å². The standard InChI is InChI=1S/C19H28N4O7S/c1-31-7-6-13(20)17(27)21-9-16(26)22-15(10-24)18(28)23-14(19(29)30)8-11-2-4-12(25)5-3-11/h2-5,13-15,24-25H,6-10,20H2,1H3,(H,21,27)(H,22,26)(H,23,28)(H,29,30). The molecule has 3 amide bonds. The molecule has 0 fully saturated rings. The molecule has 0 saturated carbocycles. The van der Waals surface area contributed by atoms with Crippen molar-refractivity contribution in [1.82, 2.24) is 16.0 Å². The molecule has 31 heavy (non-hydrogen) atoms. The van der Waals surface area contributed by atoms with Crippen LogP contribution in [0.1, 0.15) is 12.0 Å². The normalized spacial score (nSPS) is 13.5. The van der Waals surface area contributed by atoms with Crippen molar-refractivity contribution in [2.24, 2.45) is 5.73 Å². The van der Waals surface area contributed by atoms with Crippen molar-refractivity contribution >= 4 is 35.5 Å². The second-order valence-electron chi connectivity index (χ2n) is 6.68. The summed E-state index contributed by atoms with van der Waals surface area (Å²) in [6.07, 6.45) is 2.24. The minimum Gasteiger partial charge on any atom is -0.508 e. The molecule has 0 radical (unpaired) electrons. The lowest BCUT2D eigenvalue weighted by atomic mass is 10.1. The molecule has 11 nitrogen and oxygen atoms in total. The second-order valence-corrected chi connectivity index (χ2v) is 7.66. The predicted molar refractivity (Wildman–Crippen MR) is 114 cm³/mol. The van der Waals surface area contributed by atoms with E-state index in [0.29, 0.717) is 17.7 Å². The van der Waals surface area contributed by atoms with Gasteiger partial charge < -0.3 is 37.0 Å². The number of carboxylic acids is 1. The number of benzene rings is 1. The molecule has 0 aliphatic carbocycles.